The average Bonchev–Trinajstić information content (AvgIpc) is 2.68. The smallest absolute Gasteiger partial charge is 0.0605 e. The van der Waals surface area contributed by atoms with Gasteiger partial charge in [0, 0.05) is 31.9 Å². The van der Waals surface area contributed by atoms with Crippen LogP contribution in [0.1, 0.15) is 25.0 Å². The van der Waals surface area contributed by atoms with Gasteiger partial charge >= 0.3 is 0 Å². The van der Waals surface area contributed by atoms with E-state index in [0.717, 1.165) is 6.04 Å². The van der Waals surface area contributed by atoms with Crippen LogP contribution in [0.4, 0.5) is 5.69 Å². The van der Waals surface area contributed by atoms with E-state index in [4.69, 9.17) is 0 Å². The molecule has 3 nitrogen and oxygen atoms in total. The molecule has 3 rings (SSSR count). The highest BCUT2D eigenvalue weighted by molar-refractivity contribution is 5.50. The minimum Gasteiger partial charge on any atom is -0.368 e. The molecule has 2 aliphatic heterocycles. The molecule has 1 atom stereocenters. The summed E-state index contributed by atoms with van der Waals surface area (Å²) >= 11 is 0. The number of anilines is 1. The van der Waals surface area contributed by atoms with Crippen molar-refractivity contribution >= 4 is 5.69 Å². The van der Waals surface area contributed by atoms with Crippen molar-refractivity contribution in [2.75, 3.05) is 31.1 Å². The van der Waals surface area contributed by atoms with E-state index in [9.17, 15) is 0 Å². The molecule has 0 spiro atoms. The summed E-state index contributed by atoms with van der Waals surface area (Å²) in [4.78, 5) is 9.63. The van der Waals surface area contributed by atoms with Crippen molar-refractivity contribution in [2.45, 2.75) is 32.2 Å². The number of aromatic nitrogens is 1. The van der Waals surface area contributed by atoms with E-state index in [0.29, 0.717) is 0 Å². The van der Waals surface area contributed by atoms with Gasteiger partial charge in [0.25, 0.3) is 0 Å². The molecule has 0 aliphatic carbocycles. The van der Waals surface area contributed by atoms with Crippen LogP contribution in [0.5, 0.6) is 0 Å². The van der Waals surface area contributed by atoms with Crippen molar-refractivity contribution in [2.24, 2.45) is 0 Å². The summed E-state index contributed by atoms with van der Waals surface area (Å²) in [6.45, 7) is 7.07. The molecule has 2 aliphatic rings. The summed E-state index contributed by atoms with van der Waals surface area (Å²) in [5.74, 6) is 0. The van der Waals surface area contributed by atoms with Crippen LogP contribution in [-0.2, 0) is 0 Å². The van der Waals surface area contributed by atoms with Crippen LogP contribution in [0.3, 0.4) is 0 Å². The van der Waals surface area contributed by atoms with E-state index in [1.807, 2.05) is 6.20 Å². The van der Waals surface area contributed by atoms with E-state index >= 15 is 0 Å². The van der Waals surface area contributed by atoms with Crippen LogP contribution in [0.15, 0.2) is 18.3 Å². The minimum atomic E-state index is 0.775. The topological polar surface area (TPSA) is 19.4 Å². The molecular weight excluding hydrogens is 210 g/mol. The molecule has 2 saturated heterocycles. The Morgan fingerprint density at radius 2 is 2.12 bits per heavy atom. The lowest BCUT2D eigenvalue weighted by molar-refractivity contribution is 0.273. The Bertz CT molecular complexity index is 391. The first-order valence-corrected chi connectivity index (χ1v) is 6.75. The van der Waals surface area contributed by atoms with E-state index < -0.39 is 0 Å². The van der Waals surface area contributed by atoms with Gasteiger partial charge in [-0.1, -0.05) is 0 Å². The van der Waals surface area contributed by atoms with Gasteiger partial charge < -0.3 is 4.90 Å². The van der Waals surface area contributed by atoms with E-state index in [-0.39, 0.29) is 0 Å². The molecular formula is C14H21N3. The maximum absolute atomic E-state index is 4.42. The van der Waals surface area contributed by atoms with Gasteiger partial charge in [-0.2, -0.15) is 0 Å². The molecule has 3 heteroatoms. The van der Waals surface area contributed by atoms with Crippen LogP contribution in [0.25, 0.3) is 0 Å². The Kier molecular flexibility index (Phi) is 3.02. The highest BCUT2D eigenvalue weighted by Crippen LogP contribution is 2.25. The highest BCUT2D eigenvalue weighted by atomic mass is 15.3. The lowest BCUT2D eigenvalue weighted by Gasteiger charge is -2.28. The van der Waals surface area contributed by atoms with Gasteiger partial charge in [0.2, 0.25) is 0 Å². The molecule has 3 heterocycles. The average molecular weight is 231 g/mol. The molecule has 92 valence electrons. The molecule has 1 unspecified atom stereocenters. The largest absolute Gasteiger partial charge is 0.368 e. The first-order valence-electron chi connectivity index (χ1n) is 6.75. The molecule has 1 aromatic heterocycles. The van der Waals surface area contributed by atoms with Gasteiger partial charge in [0.05, 0.1) is 11.4 Å². The molecule has 0 saturated carbocycles. The molecule has 0 amide bonds. The van der Waals surface area contributed by atoms with Crippen LogP contribution in [0.2, 0.25) is 0 Å². The van der Waals surface area contributed by atoms with Crippen molar-refractivity contribution in [1.29, 1.82) is 0 Å². The third kappa shape index (κ3) is 2.16. The van der Waals surface area contributed by atoms with Crippen molar-refractivity contribution in [3.8, 4) is 0 Å². The molecule has 0 N–H and O–H groups in total. The SMILES string of the molecule is Cc1ncccc1N1CCCN2CCCC2C1. The van der Waals surface area contributed by atoms with Crippen LogP contribution < -0.4 is 4.90 Å². The maximum Gasteiger partial charge on any atom is 0.0605 e. The Labute approximate surface area is 103 Å². The first kappa shape index (κ1) is 11.0. The number of pyridine rings is 1. The Morgan fingerprint density at radius 3 is 3.00 bits per heavy atom. The second kappa shape index (κ2) is 4.65. The fourth-order valence-corrected chi connectivity index (χ4v) is 3.24. The zero-order chi connectivity index (χ0) is 11.7. The van der Waals surface area contributed by atoms with Gasteiger partial charge in [0.1, 0.15) is 0 Å². The maximum atomic E-state index is 4.42. The summed E-state index contributed by atoms with van der Waals surface area (Å²) < 4.78 is 0. The number of hydrogen-bond acceptors (Lipinski definition) is 3. The van der Waals surface area contributed by atoms with Gasteiger partial charge in [-0.05, 0) is 44.9 Å². The summed E-state index contributed by atoms with van der Waals surface area (Å²) in [7, 11) is 0. The van der Waals surface area contributed by atoms with Gasteiger partial charge in [-0.25, -0.2) is 0 Å². The number of aryl methyl sites for hydroxylation is 1. The van der Waals surface area contributed by atoms with Crippen molar-refractivity contribution in [1.82, 2.24) is 9.88 Å². The molecule has 1 aromatic rings. The molecule has 0 aromatic carbocycles. The summed E-state index contributed by atoms with van der Waals surface area (Å²) in [5, 5.41) is 0. The predicted octanol–water partition coefficient (Wildman–Crippen LogP) is 2.06. The van der Waals surface area contributed by atoms with Crippen LogP contribution >= 0.6 is 0 Å². The van der Waals surface area contributed by atoms with Crippen molar-refractivity contribution < 1.29 is 0 Å². The normalized spacial score (nSPS) is 25.7. The fourth-order valence-electron chi connectivity index (χ4n) is 3.24. The molecule has 0 radical (unpaired) electrons. The van der Waals surface area contributed by atoms with Gasteiger partial charge in [-0.3, -0.25) is 9.88 Å². The molecule has 0 bridgehead atoms. The van der Waals surface area contributed by atoms with E-state index in [2.05, 4.69) is 33.8 Å². The number of rotatable bonds is 1. The number of nitrogens with zero attached hydrogens (tertiary/aromatic N) is 3. The predicted molar refractivity (Wildman–Crippen MR) is 70.4 cm³/mol. The third-order valence-corrected chi connectivity index (χ3v) is 4.12. The van der Waals surface area contributed by atoms with Gasteiger partial charge in [0.15, 0.2) is 0 Å². The monoisotopic (exact) mass is 231 g/mol. The second-order valence-electron chi connectivity index (χ2n) is 5.24. The third-order valence-electron chi connectivity index (χ3n) is 4.12. The quantitative estimate of drug-likeness (QED) is 0.737. The highest BCUT2D eigenvalue weighted by Gasteiger charge is 2.29. The lowest BCUT2D eigenvalue weighted by Crippen LogP contribution is -2.36. The molecule has 2 fully saturated rings. The number of hydrogen-bond donors (Lipinski definition) is 0. The Hall–Kier alpha value is -1.09. The van der Waals surface area contributed by atoms with Crippen molar-refractivity contribution in [3.63, 3.8) is 0 Å². The zero-order valence-electron chi connectivity index (χ0n) is 10.6. The summed E-state index contributed by atoms with van der Waals surface area (Å²) in [6, 6.07) is 5.05. The lowest BCUT2D eigenvalue weighted by atomic mass is 10.2. The summed E-state index contributed by atoms with van der Waals surface area (Å²) in [6.07, 6.45) is 5.92. The van der Waals surface area contributed by atoms with Crippen LogP contribution in [-0.4, -0.2) is 42.1 Å². The number of fused-ring (bicyclic) bond motifs is 1. The zero-order valence-corrected chi connectivity index (χ0v) is 10.6. The van der Waals surface area contributed by atoms with Gasteiger partial charge in [-0.15, -0.1) is 0 Å². The minimum absolute atomic E-state index is 0.775. The second-order valence-corrected chi connectivity index (χ2v) is 5.24. The fraction of sp³-hybridized carbons (Fsp3) is 0.643. The Morgan fingerprint density at radius 1 is 1.24 bits per heavy atom. The van der Waals surface area contributed by atoms with E-state index in [1.54, 1.807) is 0 Å². The Balaban J connectivity index is 1.81. The summed E-state index contributed by atoms with van der Waals surface area (Å²) in [5.41, 5.74) is 2.50. The van der Waals surface area contributed by atoms with Crippen LogP contribution in [0, 0.1) is 6.92 Å². The standard InChI is InChI=1S/C14H21N3/c1-12-14(6-2-7-15-12)17-10-4-9-16-8-3-5-13(16)11-17/h2,6-7,13H,3-5,8-11H2,1H3. The first-order chi connectivity index (χ1) is 8.34. The van der Waals surface area contributed by atoms with Crippen molar-refractivity contribution in [3.05, 3.63) is 24.0 Å². The molecule has 17 heavy (non-hydrogen) atoms. The van der Waals surface area contributed by atoms with E-state index in [1.165, 1.54) is 56.8 Å².